The Morgan fingerprint density at radius 2 is 1.86 bits per heavy atom. The van der Waals surface area contributed by atoms with Crippen molar-refractivity contribution in [2.45, 2.75) is 37.5 Å². The van der Waals surface area contributed by atoms with Crippen molar-refractivity contribution in [3.8, 4) is 11.6 Å². The first-order valence-electron chi connectivity index (χ1n) is 11.5. The number of carbonyl (C=O) groups excluding carboxylic acids is 1. The first kappa shape index (κ1) is 23.8. The third kappa shape index (κ3) is 5.16. The predicted octanol–water partition coefficient (Wildman–Crippen LogP) is 5.08. The van der Waals surface area contributed by atoms with Crippen molar-refractivity contribution in [3.05, 3.63) is 60.3 Å². The minimum Gasteiger partial charge on any atom is -0.441 e. The molecule has 3 aromatic rings. The number of benzene rings is 1. The smallest absolute Gasteiger partial charge is 0.419 e. The van der Waals surface area contributed by atoms with E-state index in [0.29, 0.717) is 30.6 Å². The average Bonchev–Trinajstić information content (AvgIpc) is 3.20. The van der Waals surface area contributed by atoms with Crippen molar-refractivity contribution in [1.82, 2.24) is 20.4 Å². The highest BCUT2D eigenvalue weighted by Crippen LogP contribution is 2.40. The fraction of sp³-hybridized carbons (Fsp3) is 0.375. The van der Waals surface area contributed by atoms with Gasteiger partial charge in [-0.1, -0.05) is 12.1 Å². The minimum absolute atomic E-state index is 0.0347. The normalized spacial score (nSPS) is 21.9. The molecule has 1 spiro atoms. The number of aromatic nitrogens is 4. The van der Waals surface area contributed by atoms with Crippen molar-refractivity contribution < 1.29 is 27.4 Å². The van der Waals surface area contributed by atoms with Crippen LogP contribution in [-0.2, 0) is 10.9 Å². The van der Waals surface area contributed by atoms with E-state index >= 15 is 0 Å². The standard InChI is InChI=1S/C24H23F3N6O3/c25-24(26,27)17-4-1-2-5-18(17)35-21-8-7-19(30-32-21)28-14-16-9-11-23(12-10-16)15-33(22(34)36-23)20-6-3-13-29-31-20/h1-8,13,16H,9-12,14-15H2,(H,28,30)/t16-,23-. The molecule has 1 aromatic carbocycles. The van der Waals surface area contributed by atoms with Gasteiger partial charge in [-0.05, 0) is 61.9 Å². The molecule has 3 heterocycles. The van der Waals surface area contributed by atoms with Gasteiger partial charge in [-0.25, -0.2) is 4.79 Å². The summed E-state index contributed by atoms with van der Waals surface area (Å²) < 4.78 is 50.5. The zero-order valence-electron chi connectivity index (χ0n) is 19.1. The summed E-state index contributed by atoms with van der Waals surface area (Å²) in [5.74, 6) is 0.953. The Morgan fingerprint density at radius 3 is 2.56 bits per heavy atom. The van der Waals surface area contributed by atoms with Crippen LogP contribution in [0.4, 0.5) is 29.6 Å². The third-order valence-electron chi connectivity index (χ3n) is 6.44. The largest absolute Gasteiger partial charge is 0.441 e. The van der Waals surface area contributed by atoms with Crippen LogP contribution in [0.2, 0.25) is 0 Å². The summed E-state index contributed by atoms with van der Waals surface area (Å²) in [5, 5.41) is 19.0. The van der Waals surface area contributed by atoms with Gasteiger partial charge in [0.25, 0.3) is 0 Å². The van der Waals surface area contributed by atoms with E-state index in [4.69, 9.17) is 9.47 Å². The van der Waals surface area contributed by atoms with Crippen LogP contribution in [-0.4, -0.2) is 45.2 Å². The third-order valence-corrected chi connectivity index (χ3v) is 6.44. The molecule has 5 rings (SSSR count). The Morgan fingerprint density at radius 1 is 1.06 bits per heavy atom. The number of nitrogens with zero attached hydrogens (tertiary/aromatic N) is 5. The number of hydrogen-bond donors (Lipinski definition) is 1. The van der Waals surface area contributed by atoms with Gasteiger partial charge >= 0.3 is 12.3 Å². The number of nitrogens with one attached hydrogen (secondary N) is 1. The number of hydrogen-bond acceptors (Lipinski definition) is 8. The summed E-state index contributed by atoms with van der Waals surface area (Å²) in [6.07, 6.45) is -0.194. The first-order valence-corrected chi connectivity index (χ1v) is 11.5. The number of carbonyl (C=O) groups is 1. The van der Waals surface area contributed by atoms with Crippen molar-refractivity contribution in [1.29, 1.82) is 0 Å². The van der Waals surface area contributed by atoms with Crippen LogP contribution in [0.3, 0.4) is 0 Å². The van der Waals surface area contributed by atoms with Gasteiger partial charge in [0.1, 0.15) is 17.2 Å². The molecular weight excluding hydrogens is 477 g/mol. The molecule has 2 aromatic heterocycles. The number of rotatable bonds is 6. The van der Waals surface area contributed by atoms with E-state index in [2.05, 4.69) is 25.7 Å². The van der Waals surface area contributed by atoms with Crippen molar-refractivity contribution >= 4 is 17.7 Å². The van der Waals surface area contributed by atoms with Gasteiger partial charge < -0.3 is 14.8 Å². The van der Waals surface area contributed by atoms with E-state index in [9.17, 15) is 18.0 Å². The highest BCUT2D eigenvalue weighted by molar-refractivity contribution is 5.89. The van der Waals surface area contributed by atoms with Crippen molar-refractivity contribution in [3.63, 3.8) is 0 Å². The molecule has 1 aliphatic carbocycles. The van der Waals surface area contributed by atoms with E-state index in [0.717, 1.165) is 31.7 Å². The quantitative estimate of drug-likeness (QED) is 0.500. The van der Waals surface area contributed by atoms with E-state index in [-0.39, 0.29) is 11.6 Å². The van der Waals surface area contributed by atoms with Gasteiger partial charge in [0.05, 0.1) is 12.1 Å². The zero-order valence-corrected chi connectivity index (χ0v) is 19.1. The number of halogens is 3. The Kier molecular flexibility index (Phi) is 6.33. The van der Waals surface area contributed by atoms with E-state index in [1.165, 1.54) is 29.2 Å². The van der Waals surface area contributed by atoms with E-state index in [1.54, 1.807) is 24.4 Å². The van der Waals surface area contributed by atoms with Gasteiger partial charge in [-0.15, -0.1) is 15.3 Å². The Hall–Kier alpha value is -3.96. The van der Waals surface area contributed by atoms with Crippen molar-refractivity contribution in [2.75, 3.05) is 23.3 Å². The molecule has 2 fully saturated rings. The highest BCUT2D eigenvalue weighted by atomic mass is 19.4. The highest BCUT2D eigenvalue weighted by Gasteiger charge is 2.48. The number of ether oxygens (including phenoxy) is 2. The molecule has 12 heteroatoms. The fourth-order valence-corrected chi connectivity index (χ4v) is 4.53. The van der Waals surface area contributed by atoms with Crippen LogP contribution in [0.1, 0.15) is 31.2 Å². The summed E-state index contributed by atoms with van der Waals surface area (Å²) in [7, 11) is 0. The molecule has 2 aliphatic rings. The lowest BCUT2D eigenvalue weighted by molar-refractivity contribution is -0.138. The maximum atomic E-state index is 13.1. The van der Waals surface area contributed by atoms with Gasteiger partial charge in [0.2, 0.25) is 5.88 Å². The number of para-hydroxylation sites is 1. The average molecular weight is 500 g/mol. The molecule has 1 saturated heterocycles. The second-order valence-corrected chi connectivity index (χ2v) is 8.90. The second kappa shape index (κ2) is 9.59. The first-order chi connectivity index (χ1) is 17.3. The SMILES string of the molecule is O=C1O[C@]2(CC[C@H](CNc3ccc(Oc4ccccc4C(F)(F)F)nn3)CC2)CN1c1cccnn1. The summed E-state index contributed by atoms with van der Waals surface area (Å²) in [4.78, 5) is 13.9. The number of alkyl halides is 3. The second-order valence-electron chi connectivity index (χ2n) is 8.90. The van der Waals surface area contributed by atoms with Crippen LogP contribution >= 0.6 is 0 Å². The molecule has 0 atom stereocenters. The predicted molar refractivity (Wildman–Crippen MR) is 123 cm³/mol. The van der Waals surface area contributed by atoms with Crippen LogP contribution in [0.5, 0.6) is 11.6 Å². The van der Waals surface area contributed by atoms with Gasteiger partial charge in [-0.3, -0.25) is 4.90 Å². The van der Waals surface area contributed by atoms with E-state index in [1.807, 2.05) is 0 Å². The lowest BCUT2D eigenvalue weighted by Gasteiger charge is -2.35. The molecule has 0 unspecified atom stereocenters. The zero-order chi connectivity index (χ0) is 25.2. The molecule has 9 nitrogen and oxygen atoms in total. The molecule has 188 valence electrons. The van der Waals surface area contributed by atoms with Crippen LogP contribution in [0.15, 0.2) is 54.7 Å². The fourth-order valence-electron chi connectivity index (χ4n) is 4.53. The summed E-state index contributed by atoms with van der Waals surface area (Å²) in [6.45, 7) is 1.10. The molecule has 1 amide bonds. The molecule has 0 bridgehead atoms. The van der Waals surface area contributed by atoms with Crippen LogP contribution in [0.25, 0.3) is 0 Å². The number of amides is 1. The van der Waals surface area contributed by atoms with Gasteiger partial charge in [0, 0.05) is 18.8 Å². The monoisotopic (exact) mass is 500 g/mol. The summed E-state index contributed by atoms with van der Waals surface area (Å²) in [6, 6.07) is 11.5. The van der Waals surface area contributed by atoms with Crippen LogP contribution in [0, 0.1) is 5.92 Å². The van der Waals surface area contributed by atoms with E-state index < -0.39 is 23.4 Å². The minimum atomic E-state index is -4.53. The molecule has 36 heavy (non-hydrogen) atoms. The maximum absolute atomic E-state index is 13.1. The Bertz CT molecular complexity index is 1200. The number of anilines is 2. The summed E-state index contributed by atoms with van der Waals surface area (Å²) >= 11 is 0. The lowest BCUT2D eigenvalue weighted by atomic mass is 9.78. The van der Waals surface area contributed by atoms with Crippen molar-refractivity contribution in [2.24, 2.45) is 5.92 Å². The van der Waals surface area contributed by atoms with Crippen LogP contribution < -0.4 is 15.0 Å². The lowest BCUT2D eigenvalue weighted by Crippen LogP contribution is -2.39. The molecule has 1 N–H and O–H groups in total. The topological polar surface area (TPSA) is 102 Å². The Balaban J connectivity index is 1.12. The molecule has 0 radical (unpaired) electrons. The Labute approximate surface area is 204 Å². The molecule has 1 aliphatic heterocycles. The van der Waals surface area contributed by atoms with Gasteiger partial charge in [-0.2, -0.15) is 18.3 Å². The van der Waals surface area contributed by atoms with Gasteiger partial charge in [0.15, 0.2) is 5.82 Å². The summed E-state index contributed by atoms with van der Waals surface area (Å²) in [5.41, 5.74) is -1.40. The maximum Gasteiger partial charge on any atom is 0.419 e. The molecular formula is C24H23F3N6O3. The molecule has 1 saturated carbocycles.